The molecule has 0 heterocycles. The largest absolute Gasteiger partial charge is 0.481 e. The molecule has 0 fully saturated rings. The molecule has 0 amide bonds. The Morgan fingerprint density at radius 3 is 2.27 bits per heavy atom. The predicted octanol–water partition coefficient (Wildman–Crippen LogP) is 3.10. The van der Waals surface area contributed by atoms with Gasteiger partial charge < -0.3 is 5.11 Å². The number of benzene rings is 1. The van der Waals surface area contributed by atoms with Gasteiger partial charge in [-0.25, -0.2) is 0 Å². The Morgan fingerprint density at radius 1 is 1.27 bits per heavy atom. The fraction of sp³-hybridized carbons (Fsp3) is 0.308. The van der Waals surface area contributed by atoms with Gasteiger partial charge in [-0.1, -0.05) is 29.8 Å². The average molecular weight is 204 g/mol. The third-order valence-electron chi connectivity index (χ3n) is 2.32. The summed E-state index contributed by atoms with van der Waals surface area (Å²) in [6, 6.07) is 4.21. The van der Waals surface area contributed by atoms with Crippen LogP contribution in [0.5, 0.6) is 0 Å². The topological polar surface area (TPSA) is 37.3 Å². The maximum atomic E-state index is 10.4. The molecule has 0 radical (unpaired) electrons. The first-order valence-corrected chi connectivity index (χ1v) is 4.97. The van der Waals surface area contributed by atoms with E-state index in [4.69, 9.17) is 5.11 Å². The van der Waals surface area contributed by atoms with Crippen molar-refractivity contribution < 1.29 is 9.90 Å². The van der Waals surface area contributed by atoms with Gasteiger partial charge in [0, 0.05) is 0 Å². The van der Waals surface area contributed by atoms with Crippen LogP contribution in [0.3, 0.4) is 0 Å². The van der Waals surface area contributed by atoms with Crippen molar-refractivity contribution in [3.05, 3.63) is 40.5 Å². The van der Waals surface area contributed by atoms with Gasteiger partial charge in [0.05, 0.1) is 6.42 Å². The zero-order valence-corrected chi connectivity index (χ0v) is 9.37. The van der Waals surface area contributed by atoms with Crippen LogP contribution in [-0.2, 0) is 4.79 Å². The van der Waals surface area contributed by atoms with E-state index >= 15 is 0 Å². The number of carboxylic acids is 1. The minimum Gasteiger partial charge on any atom is -0.481 e. The van der Waals surface area contributed by atoms with Crippen LogP contribution in [0.1, 0.15) is 28.7 Å². The summed E-state index contributed by atoms with van der Waals surface area (Å²) in [4.78, 5) is 10.4. The lowest BCUT2D eigenvalue weighted by Gasteiger charge is -2.06. The minimum absolute atomic E-state index is 0.0761. The van der Waals surface area contributed by atoms with E-state index in [-0.39, 0.29) is 6.42 Å². The highest BCUT2D eigenvalue weighted by Crippen LogP contribution is 2.17. The van der Waals surface area contributed by atoms with Gasteiger partial charge in [0.25, 0.3) is 0 Å². The lowest BCUT2D eigenvalue weighted by molar-refractivity contribution is -0.135. The summed E-state index contributed by atoms with van der Waals surface area (Å²) in [6.07, 6.45) is 3.65. The first kappa shape index (κ1) is 11.5. The van der Waals surface area contributed by atoms with Crippen LogP contribution >= 0.6 is 0 Å². The molecule has 0 aliphatic carbocycles. The molecule has 1 aromatic carbocycles. The van der Waals surface area contributed by atoms with Gasteiger partial charge in [0.15, 0.2) is 0 Å². The smallest absolute Gasteiger partial charge is 0.307 e. The quantitative estimate of drug-likeness (QED) is 0.821. The number of hydrogen-bond acceptors (Lipinski definition) is 1. The molecule has 2 nitrogen and oxygen atoms in total. The highest BCUT2D eigenvalue weighted by atomic mass is 16.4. The van der Waals surface area contributed by atoms with Gasteiger partial charge in [-0.3, -0.25) is 4.79 Å². The van der Waals surface area contributed by atoms with Crippen LogP contribution in [0.2, 0.25) is 0 Å². The number of carboxylic acid groups (broad SMARTS) is 1. The van der Waals surface area contributed by atoms with Gasteiger partial charge in [0.2, 0.25) is 0 Å². The van der Waals surface area contributed by atoms with Crippen LogP contribution < -0.4 is 0 Å². The maximum absolute atomic E-state index is 10.4. The SMILES string of the molecule is Cc1cc(C)c(/C=C/CC(=O)O)c(C)c1. The average Bonchev–Trinajstić information content (AvgIpc) is 2.08. The molecule has 1 aromatic rings. The molecule has 0 aliphatic rings. The Labute approximate surface area is 90.3 Å². The third-order valence-corrected chi connectivity index (χ3v) is 2.32. The van der Waals surface area contributed by atoms with Crippen LogP contribution in [0, 0.1) is 20.8 Å². The number of aryl methyl sites for hydroxylation is 3. The second kappa shape index (κ2) is 4.78. The second-order valence-electron chi connectivity index (χ2n) is 3.81. The highest BCUT2D eigenvalue weighted by molar-refractivity contribution is 5.71. The van der Waals surface area contributed by atoms with Crippen LogP contribution in [0.4, 0.5) is 0 Å². The van der Waals surface area contributed by atoms with E-state index in [0.29, 0.717) is 0 Å². The van der Waals surface area contributed by atoms with Crippen molar-refractivity contribution in [3.63, 3.8) is 0 Å². The fourth-order valence-electron chi connectivity index (χ4n) is 1.73. The number of carbonyl (C=O) groups is 1. The molecule has 0 saturated carbocycles. The Kier molecular flexibility index (Phi) is 3.67. The minimum atomic E-state index is -0.798. The first-order valence-electron chi connectivity index (χ1n) is 4.97. The fourth-order valence-corrected chi connectivity index (χ4v) is 1.73. The summed E-state index contributed by atoms with van der Waals surface area (Å²) < 4.78 is 0. The van der Waals surface area contributed by atoms with Gasteiger partial charge in [-0.2, -0.15) is 0 Å². The summed E-state index contributed by atoms with van der Waals surface area (Å²) in [5.74, 6) is -0.798. The molecule has 0 bridgehead atoms. The molecule has 15 heavy (non-hydrogen) atoms. The molecule has 1 N–H and O–H groups in total. The number of aliphatic carboxylic acids is 1. The van der Waals surface area contributed by atoms with Crippen molar-refractivity contribution in [2.24, 2.45) is 0 Å². The van der Waals surface area contributed by atoms with Crippen LogP contribution in [0.25, 0.3) is 6.08 Å². The Bertz CT molecular complexity index is 380. The first-order chi connectivity index (χ1) is 7.00. The molecular weight excluding hydrogens is 188 g/mol. The summed E-state index contributed by atoms with van der Waals surface area (Å²) >= 11 is 0. The van der Waals surface area contributed by atoms with Crippen molar-refractivity contribution in [1.29, 1.82) is 0 Å². The molecule has 0 spiro atoms. The monoisotopic (exact) mass is 204 g/mol. The van der Waals surface area contributed by atoms with E-state index in [2.05, 4.69) is 19.1 Å². The predicted molar refractivity (Wildman–Crippen MR) is 61.9 cm³/mol. The van der Waals surface area contributed by atoms with E-state index in [9.17, 15) is 4.79 Å². The molecule has 2 heteroatoms. The van der Waals surface area contributed by atoms with Crippen LogP contribution in [-0.4, -0.2) is 11.1 Å². The van der Waals surface area contributed by atoms with Crippen molar-refractivity contribution in [2.45, 2.75) is 27.2 Å². The van der Waals surface area contributed by atoms with E-state index in [1.54, 1.807) is 6.08 Å². The zero-order valence-electron chi connectivity index (χ0n) is 9.37. The number of rotatable bonds is 3. The van der Waals surface area contributed by atoms with E-state index in [1.165, 1.54) is 16.7 Å². The summed E-state index contributed by atoms with van der Waals surface area (Å²) in [7, 11) is 0. The zero-order chi connectivity index (χ0) is 11.4. The van der Waals surface area contributed by atoms with Crippen molar-refractivity contribution in [1.82, 2.24) is 0 Å². The van der Waals surface area contributed by atoms with Crippen molar-refractivity contribution in [2.75, 3.05) is 0 Å². The normalized spacial score (nSPS) is 10.9. The molecule has 80 valence electrons. The Balaban J connectivity index is 2.94. The summed E-state index contributed by atoms with van der Waals surface area (Å²) in [6.45, 7) is 6.14. The van der Waals surface area contributed by atoms with Gasteiger partial charge in [0.1, 0.15) is 0 Å². The Hall–Kier alpha value is -1.57. The lowest BCUT2D eigenvalue weighted by atomic mass is 9.99. The molecular formula is C13H16O2. The van der Waals surface area contributed by atoms with Gasteiger partial charge in [-0.05, 0) is 37.5 Å². The van der Waals surface area contributed by atoms with Gasteiger partial charge in [-0.15, -0.1) is 0 Å². The summed E-state index contributed by atoms with van der Waals surface area (Å²) in [5.41, 5.74) is 4.74. The second-order valence-corrected chi connectivity index (χ2v) is 3.81. The third kappa shape index (κ3) is 3.24. The maximum Gasteiger partial charge on any atom is 0.307 e. The highest BCUT2D eigenvalue weighted by Gasteiger charge is 2.00. The Morgan fingerprint density at radius 2 is 1.80 bits per heavy atom. The molecule has 0 aromatic heterocycles. The van der Waals surface area contributed by atoms with E-state index < -0.39 is 5.97 Å². The lowest BCUT2D eigenvalue weighted by Crippen LogP contribution is -1.91. The van der Waals surface area contributed by atoms with E-state index in [1.807, 2.05) is 19.9 Å². The molecule has 1 rings (SSSR count). The molecule has 0 aliphatic heterocycles. The number of hydrogen-bond donors (Lipinski definition) is 1. The molecule has 0 saturated heterocycles. The van der Waals surface area contributed by atoms with Crippen molar-refractivity contribution >= 4 is 12.0 Å². The summed E-state index contributed by atoms with van der Waals surface area (Å²) in [5, 5.41) is 8.52. The standard InChI is InChI=1S/C13H16O2/c1-9-7-10(2)12(11(3)8-9)5-4-6-13(14)15/h4-5,7-8H,6H2,1-3H3,(H,14,15)/b5-4+. The molecule has 0 atom stereocenters. The molecule has 0 unspecified atom stereocenters. The van der Waals surface area contributed by atoms with Crippen LogP contribution in [0.15, 0.2) is 18.2 Å². The van der Waals surface area contributed by atoms with Crippen molar-refractivity contribution in [3.8, 4) is 0 Å². The van der Waals surface area contributed by atoms with Gasteiger partial charge >= 0.3 is 5.97 Å². The van der Waals surface area contributed by atoms with E-state index in [0.717, 1.165) is 5.56 Å².